The molecule has 0 aromatic heterocycles. The monoisotopic (exact) mass is 514 g/mol. The van der Waals surface area contributed by atoms with Crippen LogP contribution in [0, 0.1) is 18.8 Å². The van der Waals surface area contributed by atoms with Gasteiger partial charge in [0.1, 0.15) is 6.10 Å². The molecule has 2 saturated carbocycles. The van der Waals surface area contributed by atoms with Crippen molar-refractivity contribution in [2.24, 2.45) is 11.8 Å². The fraction of sp³-hybridized carbons (Fsp3) is 0.594. The second-order valence-electron chi connectivity index (χ2n) is 13.1. The summed E-state index contributed by atoms with van der Waals surface area (Å²) >= 11 is 0. The van der Waals surface area contributed by atoms with Crippen LogP contribution >= 0.6 is 0 Å². The van der Waals surface area contributed by atoms with Crippen LogP contribution in [0.2, 0.25) is 0 Å². The van der Waals surface area contributed by atoms with E-state index >= 15 is 0 Å². The predicted molar refractivity (Wildman–Crippen MR) is 143 cm³/mol. The van der Waals surface area contributed by atoms with Gasteiger partial charge in [0, 0.05) is 30.6 Å². The largest absolute Gasteiger partial charge is 0.504 e. The van der Waals surface area contributed by atoms with E-state index in [1.807, 2.05) is 0 Å². The van der Waals surface area contributed by atoms with Gasteiger partial charge in [-0.1, -0.05) is 35.9 Å². The van der Waals surface area contributed by atoms with E-state index < -0.39 is 11.0 Å². The number of hydrogen-bond donors (Lipinski definition) is 2. The van der Waals surface area contributed by atoms with Gasteiger partial charge in [-0.15, -0.1) is 0 Å². The van der Waals surface area contributed by atoms with Gasteiger partial charge in [0.25, 0.3) is 0 Å². The zero-order valence-corrected chi connectivity index (χ0v) is 22.2. The number of phenols is 1. The first-order valence-corrected chi connectivity index (χ1v) is 14.7. The van der Waals surface area contributed by atoms with Gasteiger partial charge in [-0.05, 0) is 87.9 Å². The molecule has 2 saturated heterocycles. The first-order chi connectivity index (χ1) is 18.4. The molecule has 3 heterocycles. The Labute approximate surface area is 224 Å². The SMILES string of the molecule is Cc1ccc(CC2CCN(C3CC[C@@]4(O)[C@H]5Cc6ccc(O)c7c6[C@@]4(CCN5CC4CC4)C3O7)C2=O)cc1. The Morgan fingerprint density at radius 1 is 1.03 bits per heavy atom. The molecule has 6 atom stereocenters. The normalized spacial score (nSPS) is 37.3. The van der Waals surface area contributed by atoms with Gasteiger partial charge in [0.15, 0.2) is 11.5 Å². The fourth-order valence-electron chi connectivity index (χ4n) is 9.06. The smallest absolute Gasteiger partial charge is 0.226 e. The van der Waals surface area contributed by atoms with E-state index in [-0.39, 0.29) is 35.8 Å². The summed E-state index contributed by atoms with van der Waals surface area (Å²) in [4.78, 5) is 18.5. The summed E-state index contributed by atoms with van der Waals surface area (Å²) in [6.07, 6.45) is 6.93. The maximum atomic E-state index is 13.8. The van der Waals surface area contributed by atoms with E-state index in [0.29, 0.717) is 12.2 Å². The molecule has 3 unspecified atom stereocenters. The van der Waals surface area contributed by atoms with E-state index in [1.165, 1.54) is 29.5 Å². The average Bonchev–Trinajstić information content (AvgIpc) is 3.55. The van der Waals surface area contributed by atoms with E-state index in [4.69, 9.17) is 4.74 Å². The quantitative estimate of drug-likeness (QED) is 0.636. The number of hydrogen-bond acceptors (Lipinski definition) is 5. The summed E-state index contributed by atoms with van der Waals surface area (Å²) in [5, 5.41) is 23.6. The number of aromatic hydroxyl groups is 1. The minimum absolute atomic E-state index is 0.0109. The van der Waals surface area contributed by atoms with Crippen LogP contribution in [0.3, 0.4) is 0 Å². The van der Waals surface area contributed by atoms with Gasteiger partial charge in [0.2, 0.25) is 5.91 Å². The van der Waals surface area contributed by atoms with Crippen molar-refractivity contribution >= 4 is 5.91 Å². The summed E-state index contributed by atoms with van der Waals surface area (Å²) in [5.74, 6) is 1.71. The van der Waals surface area contributed by atoms with Crippen molar-refractivity contribution in [3.05, 3.63) is 58.7 Å². The van der Waals surface area contributed by atoms with Crippen molar-refractivity contribution in [1.29, 1.82) is 0 Å². The summed E-state index contributed by atoms with van der Waals surface area (Å²) in [7, 11) is 0. The lowest BCUT2D eigenvalue weighted by Crippen LogP contribution is -2.78. The van der Waals surface area contributed by atoms with Crippen LogP contribution in [-0.4, -0.2) is 69.3 Å². The molecule has 2 aromatic carbocycles. The summed E-state index contributed by atoms with van der Waals surface area (Å²) in [6.45, 7) is 4.84. The van der Waals surface area contributed by atoms with Crippen LogP contribution in [-0.2, 0) is 23.1 Å². The molecule has 3 aliphatic heterocycles. The number of aryl methyl sites for hydroxylation is 1. The first kappa shape index (κ1) is 23.3. The molecule has 6 nitrogen and oxygen atoms in total. The molecule has 2 aromatic rings. The van der Waals surface area contributed by atoms with Crippen molar-refractivity contribution in [3.8, 4) is 11.5 Å². The predicted octanol–water partition coefficient (Wildman–Crippen LogP) is 3.72. The lowest BCUT2D eigenvalue weighted by molar-refractivity contribution is -0.200. The number of ether oxygens (including phenoxy) is 1. The number of benzene rings is 2. The zero-order valence-electron chi connectivity index (χ0n) is 22.2. The van der Waals surface area contributed by atoms with Crippen LogP contribution in [0.25, 0.3) is 0 Å². The molecule has 2 bridgehead atoms. The average molecular weight is 515 g/mol. The van der Waals surface area contributed by atoms with E-state index in [0.717, 1.165) is 63.2 Å². The first-order valence-electron chi connectivity index (χ1n) is 14.7. The van der Waals surface area contributed by atoms with Crippen molar-refractivity contribution < 1.29 is 19.7 Å². The standard InChI is InChI=1S/C32H38N2O4/c1-19-2-4-20(5-3-19)16-23-11-14-34(30(23)36)24-10-12-32(37)26-17-22-8-9-25(35)28-27(22)31(32,29(24)38-28)13-15-33(26)18-21-6-7-21/h2-5,8-9,21,23-24,26,29,35,37H,6-7,10-18H2,1H3/t23?,24?,26-,29?,31+,32-/m1/s1. The summed E-state index contributed by atoms with van der Waals surface area (Å²) in [6, 6.07) is 12.3. The molecular weight excluding hydrogens is 476 g/mol. The van der Waals surface area contributed by atoms with Crippen LogP contribution in [0.1, 0.15) is 60.8 Å². The number of phenolic OH excluding ortho intramolecular Hbond substituents is 1. The lowest BCUT2D eigenvalue weighted by Gasteiger charge is -2.64. The van der Waals surface area contributed by atoms with E-state index in [9.17, 15) is 15.0 Å². The Hall–Kier alpha value is -2.57. The van der Waals surface area contributed by atoms with Crippen LogP contribution in [0.15, 0.2) is 36.4 Å². The Morgan fingerprint density at radius 3 is 2.63 bits per heavy atom. The second kappa shape index (κ2) is 7.98. The van der Waals surface area contributed by atoms with E-state index in [1.54, 1.807) is 6.07 Å². The van der Waals surface area contributed by atoms with Crippen molar-refractivity contribution in [2.45, 2.75) is 87.5 Å². The minimum atomic E-state index is -0.905. The fourth-order valence-corrected chi connectivity index (χ4v) is 9.06. The molecule has 1 spiro atoms. The van der Waals surface area contributed by atoms with Gasteiger partial charge in [-0.3, -0.25) is 9.69 Å². The highest BCUT2D eigenvalue weighted by Crippen LogP contribution is 2.66. The second-order valence-corrected chi connectivity index (χ2v) is 13.1. The summed E-state index contributed by atoms with van der Waals surface area (Å²) < 4.78 is 6.72. The number of piperidine rings is 1. The topological polar surface area (TPSA) is 73.2 Å². The Kier molecular flexibility index (Phi) is 4.90. The molecule has 4 fully saturated rings. The van der Waals surface area contributed by atoms with E-state index in [2.05, 4.69) is 47.1 Å². The van der Waals surface area contributed by atoms with Gasteiger partial charge in [0.05, 0.1) is 17.1 Å². The molecule has 2 N–H and O–H groups in total. The highest BCUT2D eigenvalue weighted by molar-refractivity contribution is 5.82. The summed E-state index contributed by atoms with van der Waals surface area (Å²) in [5.41, 5.74) is 3.22. The van der Waals surface area contributed by atoms with Crippen molar-refractivity contribution in [1.82, 2.24) is 9.80 Å². The van der Waals surface area contributed by atoms with Crippen molar-refractivity contribution in [2.75, 3.05) is 19.6 Å². The van der Waals surface area contributed by atoms with Gasteiger partial charge < -0.3 is 19.8 Å². The number of carbonyl (C=O) groups is 1. The number of amides is 1. The Balaban J connectivity index is 1.14. The molecule has 200 valence electrons. The maximum absolute atomic E-state index is 13.8. The third-order valence-corrected chi connectivity index (χ3v) is 11.1. The van der Waals surface area contributed by atoms with Crippen LogP contribution in [0.5, 0.6) is 11.5 Å². The molecule has 0 radical (unpaired) electrons. The number of carbonyl (C=O) groups excluding carboxylic acids is 1. The highest BCUT2D eigenvalue weighted by atomic mass is 16.5. The highest BCUT2D eigenvalue weighted by Gasteiger charge is 2.73. The molecular formula is C32H38N2O4. The number of rotatable bonds is 5. The van der Waals surface area contributed by atoms with Crippen LogP contribution < -0.4 is 4.74 Å². The molecule has 6 aliphatic rings. The Morgan fingerprint density at radius 2 is 1.84 bits per heavy atom. The molecule has 1 amide bonds. The number of nitrogens with zero attached hydrogens (tertiary/aromatic N) is 2. The third kappa shape index (κ3) is 3.05. The Bertz CT molecular complexity index is 1310. The molecule has 3 aliphatic carbocycles. The molecule has 8 rings (SSSR count). The minimum Gasteiger partial charge on any atom is -0.504 e. The molecule has 38 heavy (non-hydrogen) atoms. The van der Waals surface area contributed by atoms with Gasteiger partial charge >= 0.3 is 0 Å². The lowest BCUT2D eigenvalue weighted by atomic mass is 9.48. The van der Waals surface area contributed by atoms with Crippen LogP contribution in [0.4, 0.5) is 0 Å². The van der Waals surface area contributed by atoms with Gasteiger partial charge in [-0.25, -0.2) is 0 Å². The maximum Gasteiger partial charge on any atom is 0.226 e. The zero-order chi connectivity index (χ0) is 25.8. The number of aliphatic hydroxyl groups is 1. The molecule has 6 heteroatoms. The van der Waals surface area contributed by atoms with Gasteiger partial charge in [-0.2, -0.15) is 0 Å². The van der Waals surface area contributed by atoms with Crippen molar-refractivity contribution in [3.63, 3.8) is 0 Å². The third-order valence-electron chi connectivity index (χ3n) is 11.1. The number of likely N-dealkylation sites (tertiary alicyclic amines) is 2.